The molecule has 0 radical (unpaired) electrons. The maximum absolute atomic E-state index is 11.9. The lowest BCUT2D eigenvalue weighted by molar-refractivity contribution is -0.126. The minimum Gasteiger partial charge on any atom is -0.368 e. The van der Waals surface area contributed by atoms with E-state index in [0.29, 0.717) is 5.25 Å². The summed E-state index contributed by atoms with van der Waals surface area (Å²) in [7, 11) is 0. The molecule has 0 aromatic carbocycles. The lowest BCUT2D eigenvalue weighted by Gasteiger charge is -2.40. The van der Waals surface area contributed by atoms with Crippen LogP contribution in [0.1, 0.15) is 39.5 Å². The number of primary amides is 1. The Morgan fingerprint density at radius 1 is 1.50 bits per heavy atom. The molecule has 1 heterocycles. The molecule has 1 fully saturated rings. The van der Waals surface area contributed by atoms with Crippen molar-refractivity contribution in [3.63, 3.8) is 0 Å². The van der Waals surface area contributed by atoms with Crippen LogP contribution in [-0.2, 0) is 4.79 Å². The van der Waals surface area contributed by atoms with Gasteiger partial charge in [0.2, 0.25) is 5.91 Å². The number of hydrogen-bond donors (Lipinski definition) is 2. The monoisotopic (exact) mass is 294 g/mol. The predicted octanol–water partition coefficient (Wildman–Crippen LogP) is 1.73. The number of aromatic nitrogens is 2. The SMILES string of the molecule is CC(C)NC1(C(N)=O)CCCC(Sc2ncccn2)C1. The van der Waals surface area contributed by atoms with Crippen molar-refractivity contribution in [1.82, 2.24) is 15.3 Å². The minimum absolute atomic E-state index is 0.235. The van der Waals surface area contributed by atoms with Crippen molar-refractivity contribution < 1.29 is 4.79 Å². The van der Waals surface area contributed by atoms with Gasteiger partial charge in [-0.3, -0.25) is 4.79 Å². The molecular formula is C14H22N4OS. The fourth-order valence-corrected chi connectivity index (χ4v) is 3.99. The highest BCUT2D eigenvalue weighted by Crippen LogP contribution is 2.37. The Bertz CT molecular complexity index is 454. The first-order valence-electron chi connectivity index (χ1n) is 7.03. The number of thioether (sulfide) groups is 1. The molecule has 2 unspecified atom stereocenters. The quantitative estimate of drug-likeness (QED) is 0.808. The zero-order chi connectivity index (χ0) is 14.6. The van der Waals surface area contributed by atoms with Gasteiger partial charge in [0.05, 0.1) is 5.54 Å². The molecule has 2 rings (SSSR count). The van der Waals surface area contributed by atoms with Crippen LogP contribution in [0.2, 0.25) is 0 Å². The number of nitrogens with two attached hydrogens (primary N) is 1. The third-order valence-corrected chi connectivity index (χ3v) is 4.71. The van der Waals surface area contributed by atoms with Crippen LogP contribution in [0.4, 0.5) is 0 Å². The van der Waals surface area contributed by atoms with Crippen LogP contribution >= 0.6 is 11.8 Å². The average Bonchev–Trinajstić information content (AvgIpc) is 2.39. The van der Waals surface area contributed by atoms with Gasteiger partial charge in [0.25, 0.3) is 0 Å². The van der Waals surface area contributed by atoms with E-state index < -0.39 is 5.54 Å². The normalized spacial score (nSPS) is 26.6. The first kappa shape index (κ1) is 15.3. The van der Waals surface area contributed by atoms with Gasteiger partial charge in [0.15, 0.2) is 5.16 Å². The van der Waals surface area contributed by atoms with E-state index >= 15 is 0 Å². The van der Waals surface area contributed by atoms with Crippen LogP contribution in [0.3, 0.4) is 0 Å². The van der Waals surface area contributed by atoms with E-state index in [2.05, 4.69) is 15.3 Å². The average molecular weight is 294 g/mol. The topological polar surface area (TPSA) is 80.9 Å². The standard InChI is InChI=1S/C14H22N4OS/c1-10(2)18-14(12(15)19)6-3-5-11(9-14)20-13-16-7-4-8-17-13/h4,7-8,10-11,18H,3,5-6,9H2,1-2H3,(H2,15,19). The second-order valence-electron chi connectivity index (χ2n) is 5.61. The maximum Gasteiger partial charge on any atom is 0.237 e. The first-order chi connectivity index (χ1) is 9.52. The summed E-state index contributed by atoms with van der Waals surface area (Å²) in [6.45, 7) is 4.09. The Labute approximate surface area is 124 Å². The second kappa shape index (κ2) is 6.54. The van der Waals surface area contributed by atoms with Crippen molar-refractivity contribution in [3.8, 4) is 0 Å². The first-order valence-corrected chi connectivity index (χ1v) is 7.91. The molecule has 1 saturated carbocycles. The Kier molecular flexibility index (Phi) is 4.99. The molecule has 110 valence electrons. The highest BCUT2D eigenvalue weighted by atomic mass is 32.2. The zero-order valence-corrected chi connectivity index (χ0v) is 12.8. The summed E-state index contributed by atoms with van der Waals surface area (Å²) in [6.07, 6.45) is 7.10. The third-order valence-electron chi connectivity index (χ3n) is 3.56. The highest BCUT2D eigenvalue weighted by molar-refractivity contribution is 7.99. The van der Waals surface area contributed by atoms with Gasteiger partial charge in [-0.25, -0.2) is 9.97 Å². The molecule has 6 heteroatoms. The van der Waals surface area contributed by atoms with E-state index in [-0.39, 0.29) is 11.9 Å². The number of rotatable bonds is 5. The van der Waals surface area contributed by atoms with Crippen LogP contribution < -0.4 is 11.1 Å². The lowest BCUT2D eigenvalue weighted by atomic mass is 9.80. The van der Waals surface area contributed by atoms with Crippen LogP contribution in [0.25, 0.3) is 0 Å². The van der Waals surface area contributed by atoms with Gasteiger partial charge in [0.1, 0.15) is 0 Å². The fourth-order valence-electron chi connectivity index (χ4n) is 2.80. The summed E-state index contributed by atoms with van der Waals surface area (Å²) in [4.78, 5) is 20.4. The number of carbonyl (C=O) groups is 1. The smallest absolute Gasteiger partial charge is 0.237 e. The van der Waals surface area contributed by atoms with Crippen molar-refractivity contribution >= 4 is 17.7 Å². The number of amides is 1. The van der Waals surface area contributed by atoms with Gasteiger partial charge < -0.3 is 11.1 Å². The number of nitrogens with zero attached hydrogens (tertiary/aromatic N) is 2. The van der Waals surface area contributed by atoms with E-state index in [1.807, 2.05) is 13.8 Å². The summed E-state index contributed by atoms with van der Waals surface area (Å²) in [5.74, 6) is -0.245. The van der Waals surface area contributed by atoms with Crippen LogP contribution in [0.15, 0.2) is 23.6 Å². The van der Waals surface area contributed by atoms with E-state index in [9.17, 15) is 4.79 Å². The summed E-state index contributed by atoms with van der Waals surface area (Å²) in [5.41, 5.74) is 5.08. The van der Waals surface area contributed by atoms with Gasteiger partial charge >= 0.3 is 0 Å². The maximum atomic E-state index is 11.9. The van der Waals surface area contributed by atoms with E-state index in [4.69, 9.17) is 5.73 Å². The molecule has 0 aliphatic heterocycles. The van der Waals surface area contributed by atoms with Crippen molar-refractivity contribution in [2.45, 2.75) is 61.5 Å². The van der Waals surface area contributed by atoms with E-state index in [1.165, 1.54) is 0 Å². The number of carbonyl (C=O) groups excluding carboxylic acids is 1. The molecule has 1 aliphatic rings. The fraction of sp³-hybridized carbons (Fsp3) is 0.643. The molecule has 5 nitrogen and oxygen atoms in total. The van der Waals surface area contributed by atoms with Crippen molar-refractivity contribution in [2.24, 2.45) is 5.73 Å². The zero-order valence-electron chi connectivity index (χ0n) is 12.0. The largest absolute Gasteiger partial charge is 0.368 e. The van der Waals surface area contributed by atoms with Crippen LogP contribution in [0, 0.1) is 0 Å². The molecular weight excluding hydrogens is 272 g/mol. The molecule has 1 aliphatic carbocycles. The van der Waals surface area contributed by atoms with Crippen molar-refractivity contribution in [2.75, 3.05) is 0 Å². The summed E-state index contributed by atoms with van der Waals surface area (Å²) in [5, 5.41) is 4.47. The van der Waals surface area contributed by atoms with Gasteiger partial charge in [-0.15, -0.1) is 0 Å². The van der Waals surface area contributed by atoms with Gasteiger partial charge in [0, 0.05) is 23.7 Å². The molecule has 0 bridgehead atoms. The Morgan fingerprint density at radius 2 is 2.20 bits per heavy atom. The van der Waals surface area contributed by atoms with E-state index in [0.717, 1.165) is 30.8 Å². The Hall–Kier alpha value is -1.14. The molecule has 1 amide bonds. The van der Waals surface area contributed by atoms with Gasteiger partial charge in [-0.1, -0.05) is 11.8 Å². The molecule has 0 saturated heterocycles. The molecule has 0 spiro atoms. The Morgan fingerprint density at radius 3 is 2.80 bits per heavy atom. The molecule has 2 atom stereocenters. The van der Waals surface area contributed by atoms with E-state index in [1.54, 1.807) is 30.2 Å². The Balaban J connectivity index is 2.08. The summed E-state index contributed by atoms with van der Waals surface area (Å²) >= 11 is 1.64. The summed E-state index contributed by atoms with van der Waals surface area (Å²) in [6, 6.07) is 2.04. The highest BCUT2D eigenvalue weighted by Gasteiger charge is 2.42. The van der Waals surface area contributed by atoms with Gasteiger partial charge in [-0.05, 0) is 45.6 Å². The van der Waals surface area contributed by atoms with Crippen LogP contribution in [0.5, 0.6) is 0 Å². The molecule has 1 aromatic heterocycles. The van der Waals surface area contributed by atoms with Crippen molar-refractivity contribution in [1.29, 1.82) is 0 Å². The third kappa shape index (κ3) is 3.70. The molecule has 3 N–H and O–H groups in total. The second-order valence-corrected chi connectivity index (χ2v) is 6.88. The molecule has 1 aromatic rings. The van der Waals surface area contributed by atoms with Crippen molar-refractivity contribution in [3.05, 3.63) is 18.5 Å². The lowest BCUT2D eigenvalue weighted by Crippen LogP contribution is -2.60. The molecule has 20 heavy (non-hydrogen) atoms. The number of hydrogen-bond acceptors (Lipinski definition) is 5. The van der Waals surface area contributed by atoms with Crippen LogP contribution in [-0.4, -0.2) is 32.7 Å². The minimum atomic E-state index is -0.584. The summed E-state index contributed by atoms with van der Waals surface area (Å²) < 4.78 is 0. The van der Waals surface area contributed by atoms with Gasteiger partial charge in [-0.2, -0.15) is 0 Å². The predicted molar refractivity (Wildman–Crippen MR) is 80.3 cm³/mol. The number of nitrogens with one attached hydrogen (secondary N) is 1.